The molecule has 1 amide bonds. The Morgan fingerprint density at radius 3 is 2.70 bits per heavy atom. The van der Waals surface area contributed by atoms with E-state index in [1.807, 2.05) is 79.7 Å². The zero-order valence-corrected chi connectivity index (χ0v) is 14.9. The van der Waals surface area contributed by atoms with E-state index < -0.39 is 0 Å². The molecule has 0 saturated heterocycles. The van der Waals surface area contributed by atoms with Gasteiger partial charge in [-0.25, -0.2) is 4.98 Å². The van der Waals surface area contributed by atoms with Gasteiger partial charge in [0, 0.05) is 11.3 Å². The van der Waals surface area contributed by atoms with Crippen molar-refractivity contribution in [1.82, 2.24) is 9.97 Å². The van der Waals surface area contributed by atoms with E-state index in [0.717, 1.165) is 28.0 Å². The fourth-order valence-electron chi connectivity index (χ4n) is 2.89. The quantitative estimate of drug-likeness (QED) is 0.550. The molecule has 1 heterocycles. The van der Waals surface area contributed by atoms with Crippen molar-refractivity contribution in [3.8, 4) is 17.1 Å². The summed E-state index contributed by atoms with van der Waals surface area (Å²) in [7, 11) is 0. The summed E-state index contributed by atoms with van der Waals surface area (Å²) in [6, 6.07) is 23.1. The number of fused-ring (bicyclic) bond motifs is 1. The van der Waals surface area contributed by atoms with E-state index in [2.05, 4.69) is 15.3 Å². The first kappa shape index (κ1) is 16.8. The van der Waals surface area contributed by atoms with Crippen molar-refractivity contribution < 1.29 is 9.53 Å². The Morgan fingerprint density at radius 1 is 1.04 bits per heavy atom. The van der Waals surface area contributed by atoms with Crippen LogP contribution in [0, 0.1) is 6.92 Å². The van der Waals surface area contributed by atoms with Gasteiger partial charge in [-0.15, -0.1) is 0 Å². The van der Waals surface area contributed by atoms with Crippen LogP contribution in [0.5, 0.6) is 5.75 Å². The van der Waals surface area contributed by atoms with E-state index in [4.69, 9.17) is 4.74 Å². The number of benzene rings is 3. The molecule has 3 aromatic carbocycles. The first-order valence-electron chi connectivity index (χ1n) is 8.72. The molecule has 1 aromatic heterocycles. The van der Waals surface area contributed by atoms with Crippen molar-refractivity contribution in [2.75, 3.05) is 11.9 Å². The number of hydrogen-bond donors (Lipinski definition) is 2. The number of nitrogens with one attached hydrogen (secondary N) is 2. The van der Waals surface area contributed by atoms with Gasteiger partial charge in [0.25, 0.3) is 5.91 Å². The predicted octanol–water partition coefficient (Wildman–Crippen LogP) is 4.56. The molecule has 0 atom stereocenters. The molecule has 2 N–H and O–H groups in total. The highest BCUT2D eigenvalue weighted by molar-refractivity contribution is 5.92. The van der Waals surface area contributed by atoms with E-state index in [0.29, 0.717) is 11.4 Å². The maximum absolute atomic E-state index is 12.2. The van der Waals surface area contributed by atoms with Gasteiger partial charge in [0.15, 0.2) is 6.61 Å². The lowest BCUT2D eigenvalue weighted by Crippen LogP contribution is -2.20. The highest BCUT2D eigenvalue weighted by Gasteiger charge is 2.08. The average Bonchev–Trinajstić information content (AvgIpc) is 3.12. The third kappa shape index (κ3) is 3.82. The third-order valence-corrected chi connectivity index (χ3v) is 4.26. The molecule has 0 unspecified atom stereocenters. The molecule has 4 aromatic rings. The van der Waals surface area contributed by atoms with Gasteiger partial charge in [-0.05, 0) is 42.8 Å². The largest absolute Gasteiger partial charge is 0.483 e. The van der Waals surface area contributed by atoms with Gasteiger partial charge in [0.05, 0.1) is 11.0 Å². The Morgan fingerprint density at radius 2 is 1.85 bits per heavy atom. The van der Waals surface area contributed by atoms with Gasteiger partial charge in [-0.3, -0.25) is 4.79 Å². The molecule has 0 bridgehead atoms. The molecule has 0 fully saturated rings. The first-order chi connectivity index (χ1) is 13.2. The van der Waals surface area contributed by atoms with Crippen molar-refractivity contribution in [3.05, 3.63) is 78.4 Å². The summed E-state index contributed by atoms with van der Waals surface area (Å²) in [6.07, 6.45) is 0. The van der Waals surface area contributed by atoms with Gasteiger partial charge in [0.1, 0.15) is 11.6 Å². The van der Waals surface area contributed by atoms with Crippen LogP contribution in [0.2, 0.25) is 0 Å². The number of anilines is 1. The number of carbonyl (C=O) groups excluding carboxylic acids is 1. The number of H-pyrrole nitrogens is 1. The number of ether oxygens (including phenoxy) is 1. The lowest BCUT2D eigenvalue weighted by molar-refractivity contribution is -0.118. The van der Waals surface area contributed by atoms with Crippen LogP contribution in [-0.4, -0.2) is 22.5 Å². The smallest absolute Gasteiger partial charge is 0.262 e. The van der Waals surface area contributed by atoms with Gasteiger partial charge < -0.3 is 15.0 Å². The number of aromatic nitrogens is 2. The molecule has 0 saturated carbocycles. The van der Waals surface area contributed by atoms with Crippen LogP contribution in [0.1, 0.15) is 5.56 Å². The van der Waals surface area contributed by atoms with E-state index in [9.17, 15) is 4.79 Å². The Balaban J connectivity index is 1.46. The van der Waals surface area contributed by atoms with E-state index in [1.165, 1.54) is 0 Å². The lowest BCUT2D eigenvalue weighted by Gasteiger charge is -2.10. The summed E-state index contributed by atoms with van der Waals surface area (Å²) in [5.74, 6) is 1.27. The van der Waals surface area contributed by atoms with E-state index in [-0.39, 0.29) is 12.5 Å². The Labute approximate surface area is 157 Å². The minimum absolute atomic E-state index is 0.0419. The molecule has 5 nitrogen and oxygen atoms in total. The van der Waals surface area contributed by atoms with Crippen LogP contribution < -0.4 is 10.1 Å². The number of imidazole rings is 1. The summed E-state index contributed by atoms with van der Waals surface area (Å²) < 4.78 is 5.59. The molecule has 27 heavy (non-hydrogen) atoms. The highest BCUT2D eigenvalue weighted by atomic mass is 16.5. The second-order valence-corrected chi connectivity index (χ2v) is 6.29. The Hall–Kier alpha value is -3.60. The zero-order chi connectivity index (χ0) is 18.6. The maximum Gasteiger partial charge on any atom is 0.262 e. The van der Waals surface area contributed by atoms with Crippen molar-refractivity contribution >= 4 is 22.6 Å². The Bertz CT molecular complexity index is 1070. The molecule has 0 spiro atoms. The molecule has 4 rings (SSSR count). The molecule has 134 valence electrons. The van der Waals surface area contributed by atoms with Crippen molar-refractivity contribution in [3.63, 3.8) is 0 Å². The highest BCUT2D eigenvalue weighted by Crippen LogP contribution is 2.23. The lowest BCUT2D eigenvalue weighted by atomic mass is 10.2. The minimum atomic E-state index is -0.208. The summed E-state index contributed by atoms with van der Waals surface area (Å²) in [4.78, 5) is 20.1. The molecular formula is C22H19N3O2. The van der Waals surface area contributed by atoms with Crippen LogP contribution in [0.25, 0.3) is 22.4 Å². The van der Waals surface area contributed by atoms with Crippen molar-refractivity contribution in [1.29, 1.82) is 0 Å². The van der Waals surface area contributed by atoms with Crippen molar-refractivity contribution in [2.45, 2.75) is 6.92 Å². The van der Waals surface area contributed by atoms with Gasteiger partial charge in [0.2, 0.25) is 0 Å². The molecule has 0 radical (unpaired) electrons. The second-order valence-electron chi connectivity index (χ2n) is 6.29. The minimum Gasteiger partial charge on any atom is -0.483 e. The van der Waals surface area contributed by atoms with Crippen LogP contribution in [0.3, 0.4) is 0 Å². The summed E-state index contributed by atoms with van der Waals surface area (Å²) in [6.45, 7) is 1.91. The average molecular weight is 357 g/mol. The number of rotatable bonds is 5. The topological polar surface area (TPSA) is 67.0 Å². The molecule has 0 aliphatic carbocycles. The number of aryl methyl sites for hydroxylation is 1. The van der Waals surface area contributed by atoms with Crippen LogP contribution in [0.4, 0.5) is 5.69 Å². The summed E-state index contributed by atoms with van der Waals surface area (Å²) in [5, 5.41) is 2.87. The molecule has 0 aliphatic rings. The third-order valence-electron chi connectivity index (χ3n) is 4.26. The summed E-state index contributed by atoms with van der Waals surface area (Å²) >= 11 is 0. The normalized spacial score (nSPS) is 10.7. The summed E-state index contributed by atoms with van der Waals surface area (Å²) in [5.41, 5.74) is 4.49. The number of para-hydroxylation sites is 3. The van der Waals surface area contributed by atoms with E-state index in [1.54, 1.807) is 0 Å². The van der Waals surface area contributed by atoms with Crippen LogP contribution in [0.15, 0.2) is 72.8 Å². The zero-order valence-electron chi connectivity index (χ0n) is 14.9. The van der Waals surface area contributed by atoms with E-state index >= 15 is 0 Å². The van der Waals surface area contributed by atoms with Gasteiger partial charge >= 0.3 is 0 Å². The SMILES string of the molecule is Cc1ccccc1OCC(=O)Nc1cccc(-c2nc3ccccc3[nH]2)c1. The Kier molecular flexibility index (Phi) is 4.58. The molecule has 0 aliphatic heterocycles. The number of aromatic amines is 1. The fourth-order valence-corrected chi connectivity index (χ4v) is 2.89. The standard InChI is InChI=1S/C22H19N3O2/c1-15-7-2-5-12-20(15)27-14-21(26)23-17-9-6-8-16(13-17)22-24-18-10-3-4-11-19(18)25-22/h2-13H,14H2,1H3,(H,23,26)(H,24,25). The van der Waals surface area contributed by atoms with Gasteiger partial charge in [-0.1, -0.05) is 42.5 Å². The van der Waals surface area contributed by atoms with Crippen LogP contribution in [-0.2, 0) is 4.79 Å². The first-order valence-corrected chi connectivity index (χ1v) is 8.72. The van der Waals surface area contributed by atoms with Crippen LogP contribution >= 0.6 is 0 Å². The number of carbonyl (C=O) groups is 1. The molecular weight excluding hydrogens is 338 g/mol. The second kappa shape index (κ2) is 7.33. The molecule has 5 heteroatoms. The number of nitrogens with zero attached hydrogens (tertiary/aromatic N) is 1. The number of amides is 1. The monoisotopic (exact) mass is 357 g/mol. The number of hydrogen-bond acceptors (Lipinski definition) is 3. The fraction of sp³-hybridized carbons (Fsp3) is 0.0909. The van der Waals surface area contributed by atoms with Gasteiger partial charge in [-0.2, -0.15) is 0 Å². The van der Waals surface area contributed by atoms with Crippen molar-refractivity contribution in [2.24, 2.45) is 0 Å². The maximum atomic E-state index is 12.2. The predicted molar refractivity (Wildman–Crippen MR) is 107 cm³/mol.